The molecule has 0 bridgehead atoms. The van der Waals surface area contributed by atoms with Crippen LogP contribution in [0.2, 0.25) is 0 Å². The average molecular weight is 160 g/mol. The van der Waals surface area contributed by atoms with Crippen molar-refractivity contribution >= 4 is 6.79 Å². The Morgan fingerprint density at radius 2 is 1.36 bits per heavy atom. The van der Waals surface area contributed by atoms with Crippen LogP contribution < -0.4 is 0 Å². The average Bonchev–Trinajstić information content (AvgIpc) is 2.08. The highest BCUT2D eigenvalue weighted by molar-refractivity contribution is 5.10. The van der Waals surface area contributed by atoms with E-state index >= 15 is 0 Å². The second-order valence-electron chi connectivity index (χ2n) is 2.32. The maximum Gasteiger partial charge on any atom is 0.106 e. The van der Waals surface area contributed by atoms with Gasteiger partial charge in [0.15, 0.2) is 0 Å². The second kappa shape index (κ2) is 16.3. The first-order valence-electron chi connectivity index (χ1n) is 4.28. The Kier molecular flexibility index (Phi) is 19.6. The van der Waals surface area contributed by atoms with E-state index in [4.69, 9.17) is 9.53 Å². The molecule has 0 aromatic carbocycles. The van der Waals surface area contributed by atoms with E-state index in [9.17, 15) is 0 Å². The summed E-state index contributed by atoms with van der Waals surface area (Å²) in [5.41, 5.74) is 0. The highest BCUT2D eigenvalue weighted by atomic mass is 16.5. The van der Waals surface area contributed by atoms with Gasteiger partial charge < -0.3 is 9.53 Å². The molecule has 0 aromatic heterocycles. The molecule has 0 heterocycles. The van der Waals surface area contributed by atoms with Crippen LogP contribution >= 0.6 is 0 Å². The third-order valence-electron chi connectivity index (χ3n) is 1.28. The van der Waals surface area contributed by atoms with Gasteiger partial charge in [0.1, 0.15) is 6.79 Å². The Morgan fingerprint density at radius 1 is 1.00 bits per heavy atom. The molecule has 0 atom stereocenters. The number of rotatable bonds is 6. The Balaban J connectivity index is 0. The van der Waals surface area contributed by atoms with Crippen LogP contribution in [-0.4, -0.2) is 20.0 Å². The highest BCUT2D eigenvalue weighted by Crippen LogP contribution is 1.91. The van der Waals surface area contributed by atoms with Gasteiger partial charge in [0.05, 0.1) is 0 Å². The quantitative estimate of drug-likeness (QED) is 0.558. The number of hydrogen-bond donors (Lipinski definition) is 0. The van der Waals surface area contributed by atoms with Crippen molar-refractivity contribution in [1.29, 1.82) is 0 Å². The van der Waals surface area contributed by atoms with Gasteiger partial charge in [-0.15, -0.1) is 0 Å². The van der Waals surface area contributed by atoms with E-state index in [-0.39, 0.29) is 0 Å². The largest absolute Gasteiger partial charge is 0.381 e. The first kappa shape index (κ1) is 13.2. The predicted molar refractivity (Wildman–Crippen MR) is 47.8 cm³/mol. The van der Waals surface area contributed by atoms with E-state index in [1.54, 1.807) is 0 Å². The van der Waals surface area contributed by atoms with Crippen molar-refractivity contribution in [3.05, 3.63) is 0 Å². The lowest BCUT2D eigenvalue weighted by atomic mass is 10.3. The zero-order valence-electron chi connectivity index (χ0n) is 7.77. The van der Waals surface area contributed by atoms with E-state index < -0.39 is 0 Å². The number of unbranched alkanes of at least 4 members (excludes halogenated alkanes) is 2. The normalized spacial score (nSPS) is 8.55. The molecule has 0 aromatic rings. The van der Waals surface area contributed by atoms with Crippen molar-refractivity contribution in [2.45, 2.75) is 39.5 Å². The van der Waals surface area contributed by atoms with E-state index in [1.165, 1.54) is 25.7 Å². The lowest BCUT2D eigenvalue weighted by Gasteiger charge is -1.99. The summed E-state index contributed by atoms with van der Waals surface area (Å²) in [5, 5.41) is 0. The van der Waals surface area contributed by atoms with Crippen LogP contribution in [0.5, 0.6) is 0 Å². The van der Waals surface area contributed by atoms with Crippen LogP contribution in [0.4, 0.5) is 0 Å². The standard InChI is InChI=1S/C8H18O.CH2O/c1-3-5-7-9-8-6-4-2;1-2/h3-8H2,1-2H3;1H2. The fourth-order valence-corrected chi connectivity index (χ4v) is 0.595. The molecule has 0 N–H and O–H groups in total. The summed E-state index contributed by atoms with van der Waals surface area (Å²) < 4.78 is 5.31. The molecule has 0 spiro atoms. The molecule has 0 aliphatic rings. The van der Waals surface area contributed by atoms with Gasteiger partial charge in [-0.25, -0.2) is 0 Å². The summed E-state index contributed by atoms with van der Waals surface area (Å²) in [7, 11) is 0. The predicted octanol–water partition coefficient (Wildman–Crippen LogP) is 2.42. The SMILES string of the molecule is C=O.CCCCOCCCC. The van der Waals surface area contributed by atoms with Gasteiger partial charge in [-0.3, -0.25) is 0 Å². The lowest BCUT2D eigenvalue weighted by molar-refractivity contribution is -0.0979. The summed E-state index contributed by atoms with van der Waals surface area (Å²) >= 11 is 0. The summed E-state index contributed by atoms with van der Waals surface area (Å²) in [4.78, 5) is 8.00. The number of carbonyl (C=O) groups excluding carboxylic acids is 1. The van der Waals surface area contributed by atoms with Crippen LogP contribution in [-0.2, 0) is 9.53 Å². The van der Waals surface area contributed by atoms with E-state index in [1.807, 2.05) is 6.79 Å². The van der Waals surface area contributed by atoms with E-state index in [0.717, 1.165) is 13.2 Å². The van der Waals surface area contributed by atoms with E-state index in [2.05, 4.69) is 13.8 Å². The molecule has 0 amide bonds. The molecule has 11 heavy (non-hydrogen) atoms. The number of ether oxygens (including phenoxy) is 1. The van der Waals surface area contributed by atoms with Crippen molar-refractivity contribution in [2.75, 3.05) is 13.2 Å². The Morgan fingerprint density at radius 3 is 1.64 bits per heavy atom. The van der Waals surface area contributed by atoms with Crippen molar-refractivity contribution < 1.29 is 9.53 Å². The fourth-order valence-electron chi connectivity index (χ4n) is 0.595. The molecule has 0 saturated heterocycles. The summed E-state index contributed by atoms with van der Waals surface area (Å²) in [6.07, 6.45) is 4.91. The number of carbonyl (C=O) groups is 1. The molecule has 0 aliphatic heterocycles. The minimum Gasteiger partial charge on any atom is -0.381 e. The van der Waals surface area contributed by atoms with Gasteiger partial charge in [0.2, 0.25) is 0 Å². The Labute approximate surface area is 69.9 Å². The molecule has 0 radical (unpaired) electrons. The minimum absolute atomic E-state index is 0.955. The summed E-state index contributed by atoms with van der Waals surface area (Å²) in [5.74, 6) is 0. The van der Waals surface area contributed by atoms with Gasteiger partial charge >= 0.3 is 0 Å². The fraction of sp³-hybridized carbons (Fsp3) is 0.889. The molecular formula is C9H20O2. The molecule has 2 heteroatoms. The van der Waals surface area contributed by atoms with Crippen LogP contribution in [0.3, 0.4) is 0 Å². The van der Waals surface area contributed by atoms with Crippen LogP contribution in [0.15, 0.2) is 0 Å². The first-order valence-corrected chi connectivity index (χ1v) is 4.28. The monoisotopic (exact) mass is 160 g/mol. The molecule has 0 rings (SSSR count). The van der Waals surface area contributed by atoms with Gasteiger partial charge in [0.25, 0.3) is 0 Å². The van der Waals surface area contributed by atoms with Crippen molar-refractivity contribution in [1.82, 2.24) is 0 Å². The maximum absolute atomic E-state index is 8.00. The molecule has 68 valence electrons. The third kappa shape index (κ3) is 17.7. The van der Waals surface area contributed by atoms with Crippen LogP contribution in [0.1, 0.15) is 39.5 Å². The van der Waals surface area contributed by atoms with Gasteiger partial charge in [0, 0.05) is 13.2 Å². The lowest BCUT2D eigenvalue weighted by Crippen LogP contribution is -1.95. The summed E-state index contributed by atoms with van der Waals surface area (Å²) in [6, 6.07) is 0. The smallest absolute Gasteiger partial charge is 0.106 e. The molecule has 2 nitrogen and oxygen atoms in total. The highest BCUT2D eigenvalue weighted by Gasteiger charge is 1.84. The van der Waals surface area contributed by atoms with Gasteiger partial charge in [-0.2, -0.15) is 0 Å². The van der Waals surface area contributed by atoms with Crippen LogP contribution in [0.25, 0.3) is 0 Å². The Hall–Kier alpha value is -0.370. The van der Waals surface area contributed by atoms with Crippen molar-refractivity contribution in [3.8, 4) is 0 Å². The van der Waals surface area contributed by atoms with Crippen LogP contribution in [0, 0.1) is 0 Å². The zero-order chi connectivity index (χ0) is 8.95. The molecule has 0 fully saturated rings. The van der Waals surface area contributed by atoms with Crippen molar-refractivity contribution in [2.24, 2.45) is 0 Å². The molecular weight excluding hydrogens is 140 g/mol. The topological polar surface area (TPSA) is 26.3 Å². The Bertz CT molecular complexity index is 49.5. The number of hydrogen-bond acceptors (Lipinski definition) is 2. The van der Waals surface area contributed by atoms with Gasteiger partial charge in [-0.1, -0.05) is 26.7 Å². The maximum atomic E-state index is 8.00. The summed E-state index contributed by atoms with van der Waals surface area (Å²) in [6.45, 7) is 8.28. The zero-order valence-corrected chi connectivity index (χ0v) is 7.77. The van der Waals surface area contributed by atoms with Gasteiger partial charge in [-0.05, 0) is 12.8 Å². The molecule has 0 unspecified atom stereocenters. The first-order chi connectivity index (χ1) is 5.41. The third-order valence-corrected chi connectivity index (χ3v) is 1.28. The van der Waals surface area contributed by atoms with Crippen molar-refractivity contribution in [3.63, 3.8) is 0 Å². The minimum atomic E-state index is 0.955. The molecule has 0 saturated carbocycles. The van der Waals surface area contributed by atoms with E-state index in [0.29, 0.717) is 0 Å². The second-order valence-corrected chi connectivity index (χ2v) is 2.32. The molecule has 0 aliphatic carbocycles.